The van der Waals surface area contributed by atoms with Crippen molar-refractivity contribution in [3.05, 3.63) is 0 Å². The number of hydrogen-bond donors (Lipinski definition) is 1. The van der Waals surface area contributed by atoms with Gasteiger partial charge in [-0.15, -0.1) is 0 Å². The predicted octanol–water partition coefficient (Wildman–Crippen LogP) is 13.1. The summed E-state index contributed by atoms with van der Waals surface area (Å²) in [5.74, 6) is 0.795. The van der Waals surface area contributed by atoms with Crippen molar-refractivity contribution in [3.63, 3.8) is 0 Å². The van der Waals surface area contributed by atoms with Gasteiger partial charge in [0.15, 0.2) is 0 Å². The van der Waals surface area contributed by atoms with Crippen LogP contribution in [-0.4, -0.2) is 6.54 Å². The fourth-order valence-corrected chi connectivity index (χ4v) is 5.99. The smallest absolute Gasteiger partial charge is 0.00489 e. The Labute approximate surface area is 237 Å². The van der Waals surface area contributed by atoms with E-state index in [9.17, 15) is 0 Å². The van der Waals surface area contributed by atoms with E-state index in [1.807, 2.05) is 0 Å². The normalized spacial score (nSPS) is 12.4. The Morgan fingerprint density at radius 1 is 0.297 bits per heavy atom. The molecule has 0 rings (SSSR count). The van der Waals surface area contributed by atoms with Crippen molar-refractivity contribution in [2.45, 2.75) is 219 Å². The molecule has 1 atom stereocenters. The molecule has 0 aliphatic heterocycles. The molecule has 0 spiro atoms. The summed E-state index contributed by atoms with van der Waals surface area (Å²) in [6, 6.07) is 0. The van der Waals surface area contributed by atoms with Crippen LogP contribution in [0.5, 0.6) is 0 Å². The van der Waals surface area contributed by atoms with Crippen LogP contribution in [0, 0.1) is 5.92 Å². The van der Waals surface area contributed by atoms with Crippen molar-refractivity contribution in [2.75, 3.05) is 6.54 Å². The van der Waals surface area contributed by atoms with E-state index in [1.54, 1.807) is 0 Å². The molecule has 0 saturated carbocycles. The molecule has 0 aromatic carbocycles. The van der Waals surface area contributed by atoms with Crippen molar-refractivity contribution >= 4 is 0 Å². The summed E-state index contributed by atoms with van der Waals surface area (Å²) in [6.07, 6.45) is 46.4. The SMILES string of the molecule is CCCCCCCCCCCCCCCCCCC(CN)CCCCCCCCCCCCCCCC. The minimum Gasteiger partial charge on any atom is -0.330 e. The first-order valence-electron chi connectivity index (χ1n) is 18.0. The fraction of sp³-hybridized carbons (Fsp3) is 1.00. The summed E-state index contributed by atoms with van der Waals surface area (Å²) in [5, 5.41) is 0. The number of unbranched alkanes of at least 4 members (excludes halogenated alkanes) is 28. The van der Waals surface area contributed by atoms with Gasteiger partial charge in [0.1, 0.15) is 0 Å². The second kappa shape index (κ2) is 34.0. The van der Waals surface area contributed by atoms with Gasteiger partial charge >= 0.3 is 0 Å². The Morgan fingerprint density at radius 2 is 0.486 bits per heavy atom. The zero-order chi connectivity index (χ0) is 26.9. The average Bonchev–Trinajstić information content (AvgIpc) is 2.91. The Hall–Kier alpha value is -0.0400. The molecule has 0 amide bonds. The van der Waals surface area contributed by atoms with Crippen molar-refractivity contribution in [1.82, 2.24) is 0 Å². The Bertz CT molecular complexity index is 379. The second-order valence-corrected chi connectivity index (χ2v) is 12.6. The van der Waals surface area contributed by atoms with Gasteiger partial charge in [-0.1, -0.05) is 206 Å². The summed E-state index contributed by atoms with van der Waals surface area (Å²) in [7, 11) is 0. The monoisotopic (exact) mass is 522 g/mol. The summed E-state index contributed by atoms with van der Waals surface area (Å²) >= 11 is 0. The molecule has 0 aromatic heterocycles. The first-order chi connectivity index (χ1) is 18.3. The maximum atomic E-state index is 6.09. The number of nitrogens with two attached hydrogens (primary N) is 1. The van der Waals surface area contributed by atoms with E-state index in [2.05, 4.69) is 13.8 Å². The molecule has 1 nitrogen and oxygen atoms in total. The van der Waals surface area contributed by atoms with Gasteiger partial charge in [-0.05, 0) is 25.3 Å². The molecule has 0 aromatic rings. The third kappa shape index (κ3) is 32.1. The topological polar surface area (TPSA) is 26.0 Å². The van der Waals surface area contributed by atoms with E-state index in [-0.39, 0.29) is 0 Å². The quantitative estimate of drug-likeness (QED) is 0.0853. The van der Waals surface area contributed by atoms with Crippen molar-refractivity contribution in [1.29, 1.82) is 0 Å². The molecule has 37 heavy (non-hydrogen) atoms. The third-order valence-corrected chi connectivity index (χ3v) is 8.77. The second-order valence-electron chi connectivity index (χ2n) is 12.6. The lowest BCUT2D eigenvalue weighted by Gasteiger charge is -2.14. The molecule has 0 saturated heterocycles. The molecule has 0 bridgehead atoms. The fourth-order valence-electron chi connectivity index (χ4n) is 5.99. The van der Waals surface area contributed by atoms with Gasteiger partial charge in [-0.2, -0.15) is 0 Å². The zero-order valence-corrected chi connectivity index (χ0v) is 26.5. The Kier molecular flexibility index (Phi) is 34.0. The number of rotatable bonds is 33. The summed E-state index contributed by atoms with van der Waals surface area (Å²) in [6.45, 7) is 5.52. The Morgan fingerprint density at radius 3 is 0.676 bits per heavy atom. The van der Waals surface area contributed by atoms with Gasteiger partial charge in [-0.25, -0.2) is 0 Å². The van der Waals surface area contributed by atoms with E-state index < -0.39 is 0 Å². The molecule has 1 unspecified atom stereocenters. The first kappa shape index (κ1) is 37.0. The third-order valence-electron chi connectivity index (χ3n) is 8.77. The summed E-state index contributed by atoms with van der Waals surface area (Å²) in [5.41, 5.74) is 6.09. The van der Waals surface area contributed by atoms with E-state index >= 15 is 0 Å². The van der Waals surface area contributed by atoms with Crippen LogP contribution in [0.2, 0.25) is 0 Å². The highest BCUT2D eigenvalue weighted by molar-refractivity contribution is 4.61. The van der Waals surface area contributed by atoms with Crippen LogP contribution in [0.4, 0.5) is 0 Å². The van der Waals surface area contributed by atoms with E-state index in [0.717, 1.165) is 12.5 Å². The van der Waals surface area contributed by atoms with Crippen LogP contribution in [0.15, 0.2) is 0 Å². The highest BCUT2D eigenvalue weighted by Gasteiger charge is 2.06. The van der Waals surface area contributed by atoms with E-state index in [0.29, 0.717) is 0 Å². The van der Waals surface area contributed by atoms with Crippen LogP contribution in [0.25, 0.3) is 0 Å². The highest BCUT2D eigenvalue weighted by atomic mass is 14.5. The molecule has 1 heteroatoms. The van der Waals surface area contributed by atoms with Gasteiger partial charge < -0.3 is 5.73 Å². The van der Waals surface area contributed by atoms with Crippen LogP contribution in [0.1, 0.15) is 219 Å². The molecular formula is C36H75N. The molecule has 0 heterocycles. The molecular weight excluding hydrogens is 446 g/mol. The molecule has 0 aliphatic carbocycles. The lowest BCUT2D eigenvalue weighted by atomic mass is 9.94. The van der Waals surface area contributed by atoms with Crippen LogP contribution >= 0.6 is 0 Å². The van der Waals surface area contributed by atoms with Crippen LogP contribution in [-0.2, 0) is 0 Å². The highest BCUT2D eigenvalue weighted by Crippen LogP contribution is 2.19. The molecule has 0 radical (unpaired) electrons. The van der Waals surface area contributed by atoms with Gasteiger partial charge in [0.25, 0.3) is 0 Å². The molecule has 0 fully saturated rings. The minimum atomic E-state index is 0.795. The molecule has 0 aliphatic rings. The van der Waals surface area contributed by atoms with E-state index in [4.69, 9.17) is 5.73 Å². The van der Waals surface area contributed by atoms with E-state index in [1.165, 1.54) is 205 Å². The van der Waals surface area contributed by atoms with Gasteiger partial charge in [0.2, 0.25) is 0 Å². The van der Waals surface area contributed by atoms with Gasteiger partial charge in [-0.3, -0.25) is 0 Å². The lowest BCUT2D eigenvalue weighted by molar-refractivity contribution is 0.409. The largest absolute Gasteiger partial charge is 0.330 e. The maximum Gasteiger partial charge on any atom is -0.00489 e. The molecule has 2 N–H and O–H groups in total. The zero-order valence-electron chi connectivity index (χ0n) is 26.5. The lowest BCUT2D eigenvalue weighted by Crippen LogP contribution is -2.14. The van der Waals surface area contributed by atoms with Crippen molar-refractivity contribution in [2.24, 2.45) is 11.7 Å². The maximum absolute atomic E-state index is 6.09. The summed E-state index contributed by atoms with van der Waals surface area (Å²) < 4.78 is 0. The van der Waals surface area contributed by atoms with Crippen molar-refractivity contribution in [3.8, 4) is 0 Å². The molecule has 224 valence electrons. The Balaban J connectivity index is 3.25. The van der Waals surface area contributed by atoms with Crippen LogP contribution < -0.4 is 5.73 Å². The predicted molar refractivity (Wildman–Crippen MR) is 172 cm³/mol. The van der Waals surface area contributed by atoms with Gasteiger partial charge in [0.05, 0.1) is 0 Å². The minimum absolute atomic E-state index is 0.795. The standard InChI is InChI=1S/C36H75N/c1-3-5-7-9-11-13-15-17-19-20-22-24-26-28-30-32-34-36(35-37)33-31-29-27-25-23-21-18-16-14-12-10-8-6-4-2/h36H,3-35,37H2,1-2H3. The summed E-state index contributed by atoms with van der Waals surface area (Å²) in [4.78, 5) is 0. The van der Waals surface area contributed by atoms with Gasteiger partial charge in [0, 0.05) is 0 Å². The van der Waals surface area contributed by atoms with Crippen molar-refractivity contribution < 1.29 is 0 Å². The number of hydrogen-bond acceptors (Lipinski definition) is 1. The van der Waals surface area contributed by atoms with Crippen LogP contribution in [0.3, 0.4) is 0 Å². The average molecular weight is 522 g/mol. The first-order valence-corrected chi connectivity index (χ1v) is 18.0.